The molecule has 0 aliphatic carbocycles. The van der Waals surface area contributed by atoms with Gasteiger partial charge in [-0.15, -0.1) is 0 Å². The first-order valence-electron chi connectivity index (χ1n) is 12.6. The fourth-order valence-electron chi connectivity index (χ4n) is 4.51. The summed E-state index contributed by atoms with van der Waals surface area (Å²) < 4.78 is 38.1. The van der Waals surface area contributed by atoms with E-state index in [4.69, 9.17) is 13.7 Å². The SMILES string of the molecule is CCc1oc2ccccc2c1C(=O)c1cc(C(C)C)c(OS(=O)(=O)c2ccc(C(=O)O)cc2O)c(C(C)C)c1. The number of phenolic OH excluding ortho intramolecular Hbond substituents is 1. The highest BCUT2D eigenvalue weighted by Crippen LogP contribution is 2.40. The van der Waals surface area contributed by atoms with Crippen molar-refractivity contribution in [2.75, 3.05) is 0 Å². The zero-order valence-corrected chi connectivity index (χ0v) is 23.1. The van der Waals surface area contributed by atoms with E-state index in [0.29, 0.717) is 45.4 Å². The van der Waals surface area contributed by atoms with E-state index in [1.807, 2.05) is 58.9 Å². The van der Waals surface area contributed by atoms with Crippen molar-refractivity contribution in [3.8, 4) is 11.5 Å². The van der Waals surface area contributed by atoms with E-state index < -0.39 is 26.7 Å². The summed E-state index contributed by atoms with van der Waals surface area (Å²) in [5.74, 6) is -2.09. The molecule has 1 aromatic heterocycles. The van der Waals surface area contributed by atoms with Crippen molar-refractivity contribution in [3.63, 3.8) is 0 Å². The summed E-state index contributed by atoms with van der Waals surface area (Å²) in [6, 6.07) is 13.5. The number of para-hydroxylation sites is 1. The van der Waals surface area contributed by atoms with Crippen LogP contribution < -0.4 is 4.18 Å². The average Bonchev–Trinajstić information content (AvgIpc) is 3.26. The third-order valence-electron chi connectivity index (χ3n) is 6.54. The molecule has 0 radical (unpaired) electrons. The summed E-state index contributed by atoms with van der Waals surface area (Å²) in [5, 5.41) is 20.1. The topological polar surface area (TPSA) is 131 Å². The molecule has 1 heterocycles. The third kappa shape index (κ3) is 5.27. The Kier molecular flexibility index (Phi) is 7.57. The van der Waals surface area contributed by atoms with Crippen LogP contribution in [0.15, 0.2) is 63.9 Å². The van der Waals surface area contributed by atoms with Crippen LogP contribution in [0.3, 0.4) is 0 Å². The highest BCUT2D eigenvalue weighted by atomic mass is 32.2. The molecule has 4 rings (SSSR count). The second kappa shape index (κ2) is 10.6. The smallest absolute Gasteiger partial charge is 0.342 e. The van der Waals surface area contributed by atoms with Crippen molar-refractivity contribution in [1.29, 1.82) is 0 Å². The molecule has 204 valence electrons. The molecule has 8 nitrogen and oxygen atoms in total. The van der Waals surface area contributed by atoms with Gasteiger partial charge in [-0.1, -0.05) is 52.8 Å². The van der Waals surface area contributed by atoms with Gasteiger partial charge >= 0.3 is 16.1 Å². The first-order chi connectivity index (χ1) is 18.4. The standard InChI is InChI=1S/C30H30O8S/c1-6-24-27(20-9-7-8-10-25(20)37-24)28(32)19-13-21(16(2)3)29(22(14-19)17(4)5)38-39(35,36)26-12-11-18(30(33)34)15-23(26)31/h7-17,31H,6H2,1-5H3,(H,33,34). The van der Waals surface area contributed by atoms with Gasteiger partial charge in [-0.05, 0) is 59.4 Å². The molecule has 0 spiro atoms. The Bertz CT molecular complexity index is 1660. The minimum Gasteiger partial charge on any atom is -0.506 e. The number of ketones is 1. The number of hydrogen-bond acceptors (Lipinski definition) is 7. The summed E-state index contributed by atoms with van der Waals surface area (Å²) in [6.07, 6.45) is 0.521. The molecule has 39 heavy (non-hydrogen) atoms. The van der Waals surface area contributed by atoms with Crippen LogP contribution in [-0.4, -0.2) is 30.4 Å². The van der Waals surface area contributed by atoms with Crippen molar-refractivity contribution in [1.82, 2.24) is 0 Å². The van der Waals surface area contributed by atoms with Gasteiger partial charge in [0.1, 0.15) is 27.7 Å². The molecular formula is C30H30O8S. The molecule has 0 bridgehead atoms. The fourth-order valence-corrected chi connectivity index (χ4v) is 5.57. The van der Waals surface area contributed by atoms with Gasteiger partial charge in [0, 0.05) is 17.4 Å². The zero-order chi connectivity index (χ0) is 28.6. The van der Waals surface area contributed by atoms with Crippen molar-refractivity contribution in [2.24, 2.45) is 0 Å². The molecule has 0 amide bonds. The van der Waals surface area contributed by atoms with E-state index >= 15 is 0 Å². The predicted octanol–water partition coefficient (Wildman–Crippen LogP) is 6.64. The lowest BCUT2D eigenvalue weighted by Gasteiger charge is -2.21. The number of aryl methyl sites for hydroxylation is 1. The summed E-state index contributed by atoms with van der Waals surface area (Å²) in [6.45, 7) is 9.34. The van der Waals surface area contributed by atoms with Crippen molar-refractivity contribution >= 4 is 32.8 Å². The van der Waals surface area contributed by atoms with E-state index in [2.05, 4.69) is 0 Å². The van der Waals surface area contributed by atoms with E-state index in [1.54, 1.807) is 12.1 Å². The zero-order valence-electron chi connectivity index (χ0n) is 22.3. The monoisotopic (exact) mass is 550 g/mol. The lowest BCUT2D eigenvalue weighted by molar-refractivity contribution is 0.0696. The van der Waals surface area contributed by atoms with Crippen molar-refractivity contribution < 1.29 is 36.8 Å². The number of benzene rings is 3. The molecule has 0 saturated carbocycles. The number of aromatic carboxylic acids is 1. The normalized spacial score (nSPS) is 11.9. The molecule has 4 aromatic rings. The van der Waals surface area contributed by atoms with Gasteiger partial charge in [0.15, 0.2) is 5.78 Å². The number of furan rings is 1. The first kappa shape index (κ1) is 27.9. The second-order valence-electron chi connectivity index (χ2n) is 9.90. The molecule has 0 aliphatic heterocycles. The lowest BCUT2D eigenvalue weighted by Crippen LogP contribution is -2.15. The Morgan fingerprint density at radius 2 is 1.54 bits per heavy atom. The first-order valence-corrected chi connectivity index (χ1v) is 14.0. The molecule has 0 fully saturated rings. The Morgan fingerprint density at radius 1 is 0.923 bits per heavy atom. The Labute approximate surface area is 227 Å². The minimum atomic E-state index is -4.56. The van der Waals surface area contributed by atoms with Crippen LogP contribution in [0.1, 0.15) is 89.6 Å². The Hall–Kier alpha value is -4.11. The van der Waals surface area contributed by atoms with Crippen LogP contribution in [0.5, 0.6) is 11.5 Å². The van der Waals surface area contributed by atoms with Crippen LogP contribution in [0, 0.1) is 0 Å². The van der Waals surface area contributed by atoms with Crippen LogP contribution in [0.4, 0.5) is 0 Å². The number of fused-ring (bicyclic) bond motifs is 1. The molecular weight excluding hydrogens is 520 g/mol. The summed E-state index contributed by atoms with van der Waals surface area (Å²) >= 11 is 0. The molecule has 0 unspecified atom stereocenters. The van der Waals surface area contributed by atoms with Crippen molar-refractivity contribution in [2.45, 2.75) is 57.8 Å². The predicted molar refractivity (Wildman–Crippen MR) is 147 cm³/mol. The third-order valence-corrected chi connectivity index (χ3v) is 7.81. The van der Waals surface area contributed by atoms with Crippen LogP contribution >= 0.6 is 0 Å². The van der Waals surface area contributed by atoms with Gasteiger partial charge in [-0.2, -0.15) is 8.42 Å². The number of carbonyl (C=O) groups is 2. The highest BCUT2D eigenvalue weighted by molar-refractivity contribution is 7.87. The minimum absolute atomic E-state index is 0.0750. The number of rotatable bonds is 9. The maximum absolute atomic E-state index is 13.9. The van der Waals surface area contributed by atoms with Gasteiger partial charge in [0.05, 0.1) is 11.1 Å². The van der Waals surface area contributed by atoms with Gasteiger partial charge in [0.2, 0.25) is 0 Å². The number of carboxylic acids is 1. The molecule has 0 atom stereocenters. The second-order valence-corrected chi connectivity index (χ2v) is 11.4. The maximum atomic E-state index is 13.9. The van der Waals surface area contributed by atoms with E-state index in [1.165, 1.54) is 0 Å². The van der Waals surface area contributed by atoms with E-state index in [9.17, 15) is 23.1 Å². The number of aromatic hydroxyl groups is 1. The van der Waals surface area contributed by atoms with Gasteiger partial charge < -0.3 is 18.8 Å². The molecule has 0 saturated heterocycles. The summed E-state index contributed by atoms with van der Waals surface area (Å²) in [4.78, 5) is 24.5. The molecule has 9 heteroatoms. The molecule has 2 N–H and O–H groups in total. The van der Waals surface area contributed by atoms with Crippen LogP contribution in [0.25, 0.3) is 11.0 Å². The van der Waals surface area contributed by atoms with Crippen LogP contribution in [0.2, 0.25) is 0 Å². The molecule has 3 aromatic carbocycles. The van der Waals surface area contributed by atoms with Gasteiger partial charge in [-0.25, -0.2) is 4.79 Å². The number of carboxylic acid groups (broad SMARTS) is 1. The van der Waals surface area contributed by atoms with Crippen LogP contribution in [-0.2, 0) is 16.5 Å². The Morgan fingerprint density at radius 3 is 2.08 bits per heavy atom. The van der Waals surface area contributed by atoms with Gasteiger partial charge in [0.25, 0.3) is 0 Å². The fraction of sp³-hybridized carbons (Fsp3) is 0.267. The summed E-state index contributed by atoms with van der Waals surface area (Å²) in [5.41, 5.74) is 2.20. The van der Waals surface area contributed by atoms with Gasteiger partial charge in [-0.3, -0.25) is 4.79 Å². The summed E-state index contributed by atoms with van der Waals surface area (Å²) in [7, 11) is -4.56. The number of hydrogen-bond donors (Lipinski definition) is 2. The largest absolute Gasteiger partial charge is 0.506 e. The maximum Gasteiger partial charge on any atom is 0.342 e. The Balaban J connectivity index is 1.86. The lowest BCUT2D eigenvalue weighted by atomic mass is 9.88. The van der Waals surface area contributed by atoms with Crippen molar-refractivity contribution in [3.05, 3.63) is 88.2 Å². The number of phenols is 1. The highest BCUT2D eigenvalue weighted by Gasteiger charge is 2.29. The number of carbonyl (C=O) groups excluding carboxylic acids is 1. The quantitative estimate of drug-likeness (QED) is 0.175. The van der Waals surface area contributed by atoms with E-state index in [-0.39, 0.29) is 28.9 Å². The van der Waals surface area contributed by atoms with E-state index in [0.717, 1.165) is 18.2 Å². The molecule has 0 aliphatic rings. The average molecular weight is 551 g/mol.